The molecule has 1 heteroatoms. The van der Waals surface area contributed by atoms with Crippen molar-refractivity contribution in [1.29, 1.82) is 5.41 Å². The lowest BCUT2D eigenvalue weighted by Gasteiger charge is -2.02. The van der Waals surface area contributed by atoms with E-state index in [9.17, 15) is 0 Å². The van der Waals surface area contributed by atoms with Gasteiger partial charge in [0.15, 0.2) is 0 Å². The van der Waals surface area contributed by atoms with E-state index in [2.05, 4.69) is 6.58 Å². The smallest absolute Gasteiger partial charge is 0.0256 e. The number of hydrogen-bond donors (Lipinski definition) is 1. The number of rotatable bonds is 2. The van der Waals surface area contributed by atoms with Gasteiger partial charge in [0.25, 0.3) is 0 Å². The van der Waals surface area contributed by atoms with Gasteiger partial charge in [-0.25, -0.2) is 0 Å². The summed E-state index contributed by atoms with van der Waals surface area (Å²) in [6, 6.07) is 5.88. The van der Waals surface area contributed by atoms with Crippen LogP contribution in [0, 0.1) is 12.3 Å². The van der Waals surface area contributed by atoms with Gasteiger partial charge in [-0.3, -0.25) is 0 Å². The fourth-order valence-electron chi connectivity index (χ4n) is 1.11. The van der Waals surface area contributed by atoms with Crippen molar-refractivity contribution in [2.24, 2.45) is 0 Å². The number of aryl methyl sites for hydroxylation is 1. The largest absolute Gasteiger partial charge is 0.308 e. The summed E-state index contributed by atoms with van der Waals surface area (Å²) < 4.78 is 0. The Bertz CT molecular complexity index is 287. The molecule has 0 atom stereocenters. The minimum Gasteiger partial charge on any atom is -0.308 e. The van der Waals surface area contributed by atoms with Gasteiger partial charge >= 0.3 is 0 Å². The van der Waals surface area contributed by atoms with Gasteiger partial charge in [-0.05, 0) is 23.6 Å². The van der Waals surface area contributed by atoms with Crippen LogP contribution in [-0.4, -0.2) is 6.21 Å². The van der Waals surface area contributed by atoms with E-state index in [0.29, 0.717) is 0 Å². The molecule has 1 rings (SSSR count). The Morgan fingerprint density at radius 2 is 1.92 bits per heavy atom. The highest BCUT2D eigenvalue weighted by Crippen LogP contribution is 2.12. The standard InChI is InChI=1S/C10H11N.C2H6/c1-3-10-8(2)5-4-6-9(10)7-11;1-2/h3-7,11H,1H2,2H3;1-2H3. The van der Waals surface area contributed by atoms with Crippen LogP contribution >= 0.6 is 0 Å². The summed E-state index contributed by atoms with van der Waals surface area (Å²) in [4.78, 5) is 0. The first-order chi connectivity index (χ1) is 6.29. The zero-order valence-electron chi connectivity index (χ0n) is 8.59. The molecule has 1 aromatic rings. The van der Waals surface area contributed by atoms with Crippen molar-refractivity contribution in [3.63, 3.8) is 0 Å². The molecular formula is C12H17N. The third-order valence-electron chi connectivity index (χ3n) is 1.72. The van der Waals surface area contributed by atoms with Crippen molar-refractivity contribution in [2.45, 2.75) is 20.8 Å². The van der Waals surface area contributed by atoms with Crippen molar-refractivity contribution >= 4 is 12.3 Å². The lowest BCUT2D eigenvalue weighted by molar-refractivity contribution is 1.42. The van der Waals surface area contributed by atoms with Gasteiger partial charge < -0.3 is 5.41 Å². The first kappa shape index (κ1) is 11.6. The van der Waals surface area contributed by atoms with E-state index in [1.807, 2.05) is 39.0 Å². The van der Waals surface area contributed by atoms with Crippen LogP contribution < -0.4 is 0 Å². The van der Waals surface area contributed by atoms with Crippen molar-refractivity contribution in [3.8, 4) is 0 Å². The summed E-state index contributed by atoms with van der Waals surface area (Å²) in [6.45, 7) is 9.71. The molecule has 0 unspecified atom stereocenters. The molecule has 0 spiro atoms. The van der Waals surface area contributed by atoms with Gasteiger partial charge in [0.1, 0.15) is 0 Å². The second-order valence-corrected chi connectivity index (χ2v) is 2.43. The van der Waals surface area contributed by atoms with Crippen LogP contribution in [0.5, 0.6) is 0 Å². The Hall–Kier alpha value is -1.37. The van der Waals surface area contributed by atoms with E-state index in [-0.39, 0.29) is 0 Å². The van der Waals surface area contributed by atoms with E-state index in [1.54, 1.807) is 6.08 Å². The van der Waals surface area contributed by atoms with Crippen LogP contribution in [0.15, 0.2) is 24.8 Å². The minimum atomic E-state index is 0.931. The van der Waals surface area contributed by atoms with Crippen LogP contribution in [0.2, 0.25) is 0 Å². The quantitative estimate of drug-likeness (QED) is 0.663. The van der Waals surface area contributed by atoms with Gasteiger partial charge in [-0.2, -0.15) is 0 Å². The molecule has 0 bridgehead atoms. The predicted molar refractivity (Wildman–Crippen MR) is 60.5 cm³/mol. The maximum Gasteiger partial charge on any atom is 0.0256 e. The molecule has 0 radical (unpaired) electrons. The fourth-order valence-corrected chi connectivity index (χ4v) is 1.11. The molecule has 1 nitrogen and oxygen atoms in total. The first-order valence-electron chi connectivity index (χ1n) is 4.52. The molecule has 0 amide bonds. The second kappa shape index (κ2) is 6.18. The predicted octanol–water partition coefficient (Wildman–Crippen LogP) is 3.66. The van der Waals surface area contributed by atoms with Gasteiger partial charge in [0, 0.05) is 6.21 Å². The van der Waals surface area contributed by atoms with Crippen LogP contribution in [0.4, 0.5) is 0 Å². The molecule has 0 saturated carbocycles. The van der Waals surface area contributed by atoms with Crippen LogP contribution in [-0.2, 0) is 0 Å². The first-order valence-corrected chi connectivity index (χ1v) is 4.52. The topological polar surface area (TPSA) is 23.9 Å². The van der Waals surface area contributed by atoms with Crippen molar-refractivity contribution in [1.82, 2.24) is 0 Å². The Morgan fingerprint density at radius 1 is 1.31 bits per heavy atom. The Labute approximate surface area is 80.6 Å². The van der Waals surface area contributed by atoms with Gasteiger partial charge in [0.2, 0.25) is 0 Å². The van der Waals surface area contributed by atoms with Crippen LogP contribution in [0.25, 0.3) is 6.08 Å². The van der Waals surface area contributed by atoms with Crippen molar-refractivity contribution < 1.29 is 0 Å². The van der Waals surface area contributed by atoms with E-state index in [1.165, 1.54) is 11.8 Å². The monoisotopic (exact) mass is 175 g/mol. The molecule has 0 aliphatic rings. The Balaban J connectivity index is 0.000000671. The molecule has 0 aromatic heterocycles. The van der Waals surface area contributed by atoms with E-state index in [0.717, 1.165) is 11.1 Å². The Morgan fingerprint density at radius 3 is 2.31 bits per heavy atom. The summed E-state index contributed by atoms with van der Waals surface area (Å²) in [5.41, 5.74) is 3.16. The highest BCUT2D eigenvalue weighted by Gasteiger charge is 1.97. The summed E-state index contributed by atoms with van der Waals surface area (Å²) in [7, 11) is 0. The maximum absolute atomic E-state index is 7.11. The van der Waals surface area contributed by atoms with Crippen molar-refractivity contribution in [2.75, 3.05) is 0 Å². The van der Waals surface area contributed by atoms with Crippen molar-refractivity contribution in [3.05, 3.63) is 41.5 Å². The maximum atomic E-state index is 7.11. The highest BCUT2D eigenvalue weighted by molar-refractivity contribution is 5.84. The lowest BCUT2D eigenvalue weighted by atomic mass is 10.0. The fraction of sp³-hybridized carbons (Fsp3) is 0.250. The van der Waals surface area contributed by atoms with Gasteiger partial charge in [-0.1, -0.05) is 44.7 Å². The molecule has 70 valence electrons. The minimum absolute atomic E-state index is 0.931. The zero-order valence-corrected chi connectivity index (χ0v) is 8.59. The molecule has 1 N–H and O–H groups in total. The second-order valence-electron chi connectivity index (χ2n) is 2.43. The number of nitrogens with one attached hydrogen (secondary N) is 1. The van der Waals surface area contributed by atoms with E-state index < -0.39 is 0 Å². The number of hydrogen-bond acceptors (Lipinski definition) is 1. The third-order valence-corrected chi connectivity index (χ3v) is 1.72. The number of benzene rings is 1. The summed E-state index contributed by atoms with van der Waals surface area (Å²) in [5.74, 6) is 0. The van der Waals surface area contributed by atoms with Crippen LogP contribution in [0.3, 0.4) is 0 Å². The molecule has 0 heterocycles. The average molecular weight is 175 g/mol. The molecule has 0 saturated heterocycles. The molecule has 1 aromatic carbocycles. The van der Waals surface area contributed by atoms with E-state index in [4.69, 9.17) is 5.41 Å². The molecule has 0 aliphatic heterocycles. The Kier molecular flexibility index (Phi) is 5.53. The third kappa shape index (κ3) is 2.86. The summed E-state index contributed by atoms with van der Waals surface area (Å²) >= 11 is 0. The molecule has 0 fully saturated rings. The van der Waals surface area contributed by atoms with Gasteiger partial charge in [-0.15, -0.1) is 0 Å². The average Bonchev–Trinajstić information content (AvgIpc) is 2.20. The van der Waals surface area contributed by atoms with Gasteiger partial charge in [0.05, 0.1) is 0 Å². The molecule has 13 heavy (non-hydrogen) atoms. The van der Waals surface area contributed by atoms with Crippen LogP contribution in [0.1, 0.15) is 30.5 Å². The normalized spacial score (nSPS) is 8.23. The zero-order chi connectivity index (χ0) is 10.3. The summed E-state index contributed by atoms with van der Waals surface area (Å²) in [6.07, 6.45) is 3.14. The summed E-state index contributed by atoms with van der Waals surface area (Å²) in [5, 5.41) is 7.11. The van der Waals surface area contributed by atoms with E-state index >= 15 is 0 Å². The SMILES string of the molecule is C=Cc1c(C)cccc1C=N.CC. The molecule has 0 aliphatic carbocycles. The lowest BCUT2D eigenvalue weighted by Crippen LogP contribution is -1.88. The molecular weight excluding hydrogens is 158 g/mol. The highest BCUT2D eigenvalue weighted by atomic mass is 14.3.